The summed E-state index contributed by atoms with van der Waals surface area (Å²) in [7, 11) is 0. The lowest BCUT2D eigenvalue weighted by Crippen LogP contribution is -2.27. The highest BCUT2D eigenvalue weighted by Crippen LogP contribution is 2.37. The van der Waals surface area contributed by atoms with E-state index in [1.807, 2.05) is 12.1 Å². The molecular formula is C15H22O2. The molecule has 0 saturated carbocycles. The van der Waals surface area contributed by atoms with Gasteiger partial charge < -0.3 is 5.11 Å². The van der Waals surface area contributed by atoms with Crippen LogP contribution in [0.2, 0.25) is 0 Å². The van der Waals surface area contributed by atoms with Crippen LogP contribution >= 0.6 is 0 Å². The van der Waals surface area contributed by atoms with Gasteiger partial charge in [-0.15, -0.1) is 0 Å². The van der Waals surface area contributed by atoms with Gasteiger partial charge >= 0.3 is 5.97 Å². The van der Waals surface area contributed by atoms with Crippen molar-refractivity contribution < 1.29 is 9.90 Å². The Kier molecular flexibility index (Phi) is 3.65. The lowest BCUT2D eigenvalue weighted by Gasteiger charge is -2.33. The van der Waals surface area contributed by atoms with Gasteiger partial charge in [-0.2, -0.15) is 0 Å². The fourth-order valence-corrected chi connectivity index (χ4v) is 2.68. The van der Waals surface area contributed by atoms with Gasteiger partial charge in [0, 0.05) is 0 Å². The van der Waals surface area contributed by atoms with Crippen LogP contribution in [0.15, 0.2) is 24.3 Å². The quantitative estimate of drug-likeness (QED) is 0.855. The number of benzene rings is 1. The van der Waals surface area contributed by atoms with E-state index < -0.39 is 5.97 Å². The molecule has 2 heteroatoms. The van der Waals surface area contributed by atoms with Crippen LogP contribution in [0.4, 0.5) is 0 Å². The number of rotatable bonds is 3. The van der Waals surface area contributed by atoms with Crippen molar-refractivity contribution in [3.63, 3.8) is 0 Å². The van der Waals surface area contributed by atoms with Gasteiger partial charge in [0.2, 0.25) is 0 Å². The molecule has 0 aliphatic rings. The van der Waals surface area contributed by atoms with Crippen molar-refractivity contribution in [1.29, 1.82) is 0 Å². The molecule has 1 rings (SSSR count). The fraction of sp³-hybridized carbons (Fsp3) is 0.533. The van der Waals surface area contributed by atoms with E-state index in [2.05, 4.69) is 34.6 Å². The average molecular weight is 234 g/mol. The second-order valence-electron chi connectivity index (χ2n) is 6.47. The molecule has 0 spiro atoms. The Hall–Kier alpha value is -1.31. The van der Waals surface area contributed by atoms with Crippen molar-refractivity contribution in [2.24, 2.45) is 5.41 Å². The van der Waals surface area contributed by atoms with Crippen LogP contribution in [0, 0.1) is 5.41 Å². The van der Waals surface area contributed by atoms with Gasteiger partial charge in [-0.3, -0.25) is 0 Å². The Balaban J connectivity index is 3.19. The van der Waals surface area contributed by atoms with E-state index in [4.69, 9.17) is 0 Å². The molecule has 0 amide bonds. The molecule has 0 aliphatic heterocycles. The van der Waals surface area contributed by atoms with Crippen LogP contribution in [0.3, 0.4) is 0 Å². The van der Waals surface area contributed by atoms with Crippen molar-refractivity contribution in [1.82, 2.24) is 0 Å². The largest absolute Gasteiger partial charge is 0.478 e. The molecule has 0 aliphatic carbocycles. The van der Waals surface area contributed by atoms with Crippen LogP contribution in [-0.4, -0.2) is 11.1 Å². The average Bonchev–Trinajstić information content (AvgIpc) is 2.14. The molecular weight excluding hydrogens is 212 g/mol. The zero-order chi connectivity index (χ0) is 13.3. The maximum Gasteiger partial charge on any atom is 0.335 e. The summed E-state index contributed by atoms with van der Waals surface area (Å²) in [6.07, 6.45) is 0.949. The Morgan fingerprint density at radius 2 is 1.65 bits per heavy atom. The highest BCUT2D eigenvalue weighted by atomic mass is 16.4. The van der Waals surface area contributed by atoms with Crippen molar-refractivity contribution in [3.8, 4) is 0 Å². The minimum atomic E-state index is -0.845. The van der Waals surface area contributed by atoms with E-state index in [9.17, 15) is 9.90 Å². The third kappa shape index (κ3) is 3.58. The van der Waals surface area contributed by atoms with Gasteiger partial charge in [0.05, 0.1) is 5.56 Å². The molecule has 0 fully saturated rings. The third-order valence-corrected chi connectivity index (χ3v) is 2.86. The SMILES string of the molecule is CC(C)(C)CC(C)(C)c1ccccc1C(=O)O. The number of aromatic carboxylic acids is 1. The zero-order valence-corrected chi connectivity index (χ0v) is 11.4. The Labute approximate surface area is 104 Å². The summed E-state index contributed by atoms with van der Waals surface area (Å²) >= 11 is 0. The Bertz CT molecular complexity index is 411. The van der Waals surface area contributed by atoms with Crippen LogP contribution in [-0.2, 0) is 5.41 Å². The van der Waals surface area contributed by atoms with Gasteiger partial charge in [0.1, 0.15) is 0 Å². The van der Waals surface area contributed by atoms with Crippen molar-refractivity contribution >= 4 is 5.97 Å². The number of hydrogen-bond acceptors (Lipinski definition) is 1. The molecule has 0 atom stereocenters. The standard InChI is InChI=1S/C15H22O2/c1-14(2,3)10-15(4,5)12-9-7-6-8-11(12)13(16)17/h6-9H,10H2,1-5H3,(H,16,17). The molecule has 0 aromatic heterocycles. The van der Waals surface area contributed by atoms with Gasteiger partial charge in [0.15, 0.2) is 0 Å². The summed E-state index contributed by atoms with van der Waals surface area (Å²) in [4.78, 5) is 11.2. The van der Waals surface area contributed by atoms with E-state index in [0.29, 0.717) is 5.56 Å². The molecule has 0 radical (unpaired) electrons. The van der Waals surface area contributed by atoms with Crippen molar-refractivity contribution in [3.05, 3.63) is 35.4 Å². The Morgan fingerprint density at radius 3 is 2.12 bits per heavy atom. The first-order valence-corrected chi connectivity index (χ1v) is 5.96. The summed E-state index contributed by atoms with van der Waals surface area (Å²) in [5.41, 5.74) is 1.38. The highest BCUT2D eigenvalue weighted by Gasteiger charge is 2.30. The molecule has 17 heavy (non-hydrogen) atoms. The van der Waals surface area contributed by atoms with Gasteiger partial charge in [-0.25, -0.2) is 4.79 Å². The van der Waals surface area contributed by atoms with Gasteiger partial charge in [0.25, 0.3) is 0 Å². The Morgan fingerprint density at radius 1 is 1.12 bits per heavy atom. The topological polar surface area (TPSA) is 37.3 Å². The van der Waals surface area contributed by atoms with E-state index in [-0.39, 0.29) is 10.8 Å². The number of carboxylic acids is 1. The second-order valence-corrected chi connectivity index (χ2v) is 6.47. The van der Waals surface area contributed by atoms with Crippen LogP contribution < -0.4 is 0 Å². The minimum Gasteiger partial charge on any atom is -0.478 e. The van der Waals surface area contributed by atoms with Crippen LogP contribution in [0.5, 0.6) is 0 Å². The maximum atomic E-state index is 11.2. The van der Waals surface area contributed by atoms with Crippen molar-refractivity contribution in [2.75, 3.05) is 0 Å². The second kappa shape index (κ2) is 4.52. The lowest BCUT2D eigenvalue weighted by molar-refractivity contribution is 0.0693. The van der Waals surface area contributed by atoms with E-state index in [0.717, 1.165) is 12.0 Å². The molecule has 1 aromatic rings. The maximum absolute atomic E-state index is 11.2. The molecule has 2 nitrogen and oxygen atoms in total. The first-order chi connectivity index (χ1) is 7.63. The van der Waals surface area contributed by atoms with E-state index in [1.54, 1.807) is 12.1 Å². The minimum absolute atomic E-state index is 0.132. The summed E-state index contributed by atoms with van der Waals surface area (Å²) < 4.78 is 0. The van der Waals surface area contributed by atoms with Gasteiger partial charge in [-0.05, 0) is 28.9 Å². The monoisotopic (exact) mass is 234 g/mol. The molecule has 1 aromatic carbocycles. The summed E-state index contributed by atoms with van der Waals surface area (Å²) in [6, 6.07) is 7.30. The molecule has 0 heterocycles. The van der Waals surface area contributed by atoms with Gasteiger partial charge in [-0.1, -0.05) is 52.8 Å². The molecule has 0 bridgehead atoms. The predicted molar refractivity (Wildman–Crippen MR) is 70.5 cm³/mol. The first kappa shape index (κ1) is 13.8. The number of carbonyl (C=O) groups is 1. The van der Waals surface area contributed by atoms with E-state index >= 15 is 0 Å². The summed E-state index contributed by atoms with van der Waals surface area (Å²) in [5, 5.41) is 9.23. The number of carboxylic acid groups (broad SMARTS) is 1. The lowest BCUT2D eigenvalue weighted by atomic mass is 9.71. The summed E-state index contributed by atoms with van der Waals surface area (Å²) in [5.74, 6) is -0.845. The van der Waals surface area contributed by atoms with Crippen LogP contribution in [0.25, 0.3) is 0 Å². The van der Waals surface area contributed by atoms with E-state index in [1.165, 1.54) is 0 Å². The normalized spacial score (nSPS) is 12.5. The zero-order valence-electron chi connectivity index (χ0n) is 11.4. The van der Waals surface area contributed by atoms with Crippen LogP contribution in [0.1, 0.15) is 57.0 Å². The highest BCUT2D eigenvalue weighted by molar-refractivity contribution is 5.89. The molecule has 1 N–H and O–H groups in total. The van der Waals surface area contributed by atoms with Crippen molar-refractivity contribution in [2.45, 2.75) is 46.5 Å². The molecule has 0 saturated heterocycles. The first-order valence-electron chi connectivity index (χ1n) is 5.96. The smallest absolute Gasteiger partial charge is 0.335 e. The summed E-state index contributed by atoms with van der Waals surface area (Å²) in [6.45, 7) is 10.8. The predicted octanol–water partition coefficient (Wildman–Crippen LogP) is 4.10. The molecule has 94 valence electrons. The molecule has 0 unspecified atom stereocenters. The third-order valence-electron chi connectivity index (χ3n) is 2.86. The number of hydrogen-bond donors (Lipinski definition) is 1. The fourth-order valence-electron chi connectivity index (χ4n) is 2.68.